The fourth-order valence-corrected chi connectivity index (χ4v) is 3.17. The van der Waals surface area contributed by atoms with Gasteiger partial charge in [0, 0.05) is 51.7 Å². The number of hydrogen-bond acceptors (Lipinski definition) is 4. The molecule has 2 aromatic rings. The summed E-state index contributed by atoms with van der Waals surface area (Å²) in [6.07, 6.45) is 8.51. The van der Waals surface area contributed by atoms with E-state index in [2.05, 4.69) is 27.3 Å². The summed E-state index contributed by atoms with van der Waals surface area (Å²) in [5, 5.41) is 3.01. The summed E-state index contributed by atoms with van der Waals surface area (Å²) in [5.74, 6) is 1.26. The van der Waals surface area contributed by atoms with E-state index < -0.39 is 0 Å². The Morgan fingerprint density at radius 2 is 2.04 bits per heavy atom. The van der Waals surface area contributed by atoms with Crippen LogP contribution in [0.4, 0.5) is 5.82 Å². The SMILES string of the molecule is COCCCNC(=O)C1CCN(c2ccc(-n3cccc3)cn2)CC1. The molecule has 0 spiro atoms. The van der Waals surface area contributed by atoms with Gasteiger partial charge in [0.05, 0.1) is 11.9 Å². The maximum absolute atomic E-state index is 12.2. The summed E-state index contributed by atoms with van der Waals surface area (Å²) in [5.41, 5.74) is 1.05. The Bertz CT molecular complexity index is 647. The highest BCUT2D eigenvalue weighted by Crippen LogP contribution is 2.22. The lowest BCUT2D eigenvalue weighted by molar-refractivity contribution is -0.125. The molecule has 3 heterocycles. The Kier molecular flexibility index (Phi) is 6.06. The van der Waals surface area contributed by atoms with Gasteiger partial charge in [-0.1, -0.05) is 0 Å². The maximum Gasteiger partial charge on any atom is 0.223 e. The van der Waals surface area contributed by atoms with Gasteiger partial charge in [0.15, 0.2) is 0 Å². The van der Waals surface area contributed by atoms with Gasteiger partial charge in [0.2, 0.25) is 5.91 Å². The fourth-order valence-electron chi connectivity index (χ4n) is 3.17. The second-order valence-electron chi connectivity index (χ2n) is 6.36. The van der Waals surface area contributed by atoms with E-state index in [1.54, 1.807) is 7.11 Å². The van der Waals surface area contributed by atoms with Crippen LogP contribution in [0.1, 0.15) is 19.3 Å². The normalized spacial score (nSPS) is 15.3. The molecule has 3 rings (SSSR count). The standard InChI is InChI=1S/C19H26N4O2/c1-25-14-4-9-20-19(24)16-7-12-23(13-8-16)18-6-5-17(15-21-18)22-10-2-3-11-22/h2-3,5-6,10-11,15-16H,4,7-9,12-14H2,1H3,(H,20,24). The first-order chi connectivity index (χ1) is 12.3. The average Bonchev–Trinajstić information content (AvgIpc) is 3.20. The third-order valence-electron chi connectivity index (χ3n) is 4.65. The van der Waals surface area contributed by atoms with E-state index in [-0.39, 0.29) is 11.8 Å². The number of pyridine rings is 1. The molecule has 1 fully saturated rings. The van der Waals surface area contributed by atoms with Crippen molar-refractivity contribution in [2.24, 2.45) is 5.92 Å². The van der Waals surface area contributed by atoms with E-state index >= 15 is 0 Å². The molecule has 1 aliphatic heterocycles. The minimum absolute atomic E-state index is 0.109. The highest BCUT2D eigenvalue weighted by molar-refractivity contribution is 5.78. The van der Waals surface area contributed by atoms with Gasteiger partial charge in [-0.25, -0.2) is 4.98 Å². The van der Waals surface area contributed by atoms with Crippen LogP contribution in [0.5, 0.6) is 0 Å². The molecule has 0 aromatic carbocycles. The number of nitrogens with one attached hydrogen (secondary N) is 1. The molecule has 0 unspecified atom stereocenters. The van der Waals surface area contributed by atoms with Crippen molar-refractivity contribution in [2.75, 3.05) is 38.3 Å². The van der Waals surface area contributed by atoms with E-state index in [1.165, 1.54) is 0 Å². The number of amides is 1. The van der Waals surface area contributed by atoms with Crippen LogP contribution in [0, 0.1) is 5.92 Å². The molecule has 0 bridgehead atoms. The lowest BCUT2D eigenvalue weighted by atomic mass is 9.96. The van der Waals surface area contributed by atoms with Gasteiger partial charge in [0.25, 0.3) is 0 Å². The molecule has 1 N–H and O–H groups in total. The van der Waals surface area contributed by atoms with Gasteiger partial charge in [-0.2, -0.15) is 0 Å². The molecule has 25 heavy (non-hydrogen) atoms. The highest BCUT2D eigenvalue weighted by Gasteiger charge is 2.25. The Morgan fingerprint density at radius 1 is 1.28 bits per heavy atom. The number of carbonyl (C=O) groups excluding carboxylic acids is 1. The van der Waals surface area contributed by atoms with E-state index in [0.717, 1.165) is 43.9 Å². The molecule has 6 nitrogen and oxygen atoms in total. The van der Waals surface area contributed by atoms with Crippen LogP contribution in [0.25, 0.3) is 5.69 Å². The largest absolute Gasteiger partial charge is 0.385 e. The summed E-state index contributed by atoms with van der Waals surface area (Å²) in [6, 6.07) is 8.13. The summed E-state index contributed by atoms with van der Waals surface area (Å²) >= 11 is 0. The number of ether oxygens (including phenoxy) is 1. The van der Waals surface area contributed by atoms with Crippen molar-refractivity contribution >= 4 is 11.7 Å². The molecular formula is C19H26N4O2. The highest BCUT2D eigenvalue weighted by atomic mass is 16.5. The van der Waals surface area contributed by atoms with Crippen molar-refractivity contribution in [1.82, 2.24) is 14.9 Å². The van der Waals surface area contributed by atoms with Gasteiger partial charge in [-0.05, 0) is 43.5 Å². The third kappa shape index (κ3) is 4.60. The first kappa shape index (κ1) is 17.5. The first-order valence-corrected chi connectivity index (χ1v) is 8.89. The molecule has 2 aromatic heterocycles. The van der Waals surface area contributed by atoms with Gasteiger partial charge in [-0.3, -0.25) is 4.79 Å². The Morgan fingerprint density at radius 3 is 2.68 bits per heavy atom. The van der Waals surface area contributed by atoms with Gasteiger partial charge >= 0.3 is 0 Å². The van der Waals surface area contributed by atoms with Crippen molar-refractivity contribution < 1.29 is 9.53 Å². The number of aromatic nitrogens is 2. The molecule has 1 amide bonds. The second-order valence-corrected chi connectivity index (χ2v) is 6.36. The quantitative estimate of drug-likeness (QED) is 0.784. The van der Waals surface area contributed by atoms with Crippen molar-refractivity contribution in [3.05, 3.63) is 42.9 Å². The minimum Gasteiger partial charge on any atom is -0.385 e. The van der Waals surface area contributed by atoms with E-state index in [1.807, 2.05) is 35.3 Å². The molecule has 134 valence electrons. The van der Waals surface area contributed by atoms with Crippen molar-refractivity contribution in [3.8, 4) is 5.69 Å². The van der Waals surface area contributed by atoms with Crippen molar-refractivity contribution in [2.45, 2.75) is 19.3 Å². The van der Waals surface area contributed by atoms with Gasteiger partial charge < -0.3 is 19.5 Å². The number of rotatable bonds is 7. The Balaban J connectivity index is 1.48. The van der Waals surface area contributed by atoms with Crippen molar-refractivity contribution in [3.63, 3.8) is 0 Å². The van der Waals surface area contributed by atoms with E-state index in [0.29, 0.717) is 13.2 Å². The van der Waals surface area contributed by atoms with Crippen LogP contribution in [0.2, 0.25) is 0 Å². The molecule has 0 radical (unpaired) electrons. The summed E-state index contributed by atoms with van der Waals surface area (Å²) in [6.45, 7) is 3.11. The first-order valence-electron chi connectivity index (χ1n) is 8.89. The molecule has 6 heteroatoms. The molecule has 0 saturated carbocycles. The van der Waals surface area contributed by atoms with Gasteiger partial charge in [0.1, 0.15) is 5.82 Å². The monoisotopic (exact) mass is 342 g/mol. The summed E-state index contributed by atoms with van der Waals surface area (Å²) < 4.78 is 7.04. The number of piperidine rings is 1. The summed E-state index contributed by atoms with van der Waals surface area (Å²) in [7, 11) is 1.68. The number of methoxy groups -OCH3 is 1. The Labute approximate surface area is 148 Å². The van der Waals surface area contributed by atoms with Gasteiger partial charge in [-0.15, -0.1) is 0 Å². The number of hydrogen-bond donors (Lipinski definition) is 1. The average molecular weight is 342 g/mol. The lowest BCUT2D eigenvalue weighted by Gasteiger charge is -2.32. The lowest BCUT2D eigenvalue weighted by Crippen LogP contribution is -2.41. The number of carbonyl (C=O) groups is 1. The fraction of sp³-hybridized carbons (Fsp3) is 0.474. The van der Waals surface area contributed by atoms with Crippen molar-refractivity contribution in [1.29, 1.82) is 0 Å². The third-order valence-corrected chi connectivity index (χ3v) is 4.65. The smallest absolute Gasteiger partial charge is 0.223 e. The number of nitrogens with zero attached hydrogens (tertiary/aromatic N) is 3. The second kappa shape index (κ2) is 8.67. The Hall–Kier alpha value is -2.34. The van der Waals surface area contributed by atoms with Crippen LogP contribution in [0.3, 0.4) is 0 Å². The molecule has 1 aliphatic rings. The van der Waals surface area contributed by atoms with Crippen LogP contribution >= 0.6 is 0 Å². The maximum atomic E-state index is 12.2. The number of anilines is 1. The zero-order valence-corrected chi connectivity index (χ0v) is 14.7. The predicted octanol–water partition coefficient (Wildman–Crippen LogP) is 2.24. The summed E-state index contributed by atoms with van der Waals surface area (Å²) in [4.78, 5) is 19.0. The minimum atomic E-state index is 0.109. The topological polar surface area (TPSA) is 59.4 Å². The van der Waals surface area contributed by atoms with Crippen LogP contribution in [-0.4, -0.2) is 48.8 Å². The van der Waals surface area contributed by atoms with Crippen LogP contribution < -0.4 is 10.2 Å². The molecular weight excluding hydrogens is 316 g/mol. The molecule has 0 aliphatic carbocycles. The van der Waals surface area contributed by atoms with Crippen LogP contribution in [-0.2, 0) is 9.53 Å². The zero-order valence-electron chi connectivity index (χ0n) is 14.7. The van der Waals surface area contributed by atoms with E-state index in [9.17, 15) is 4.79 Å². The molecule has 0 atom stereocenters. The van der Waals surface area contributed by atoms with E-state index in [4.69, 9.17) is 4.74 Å². The molecule has 1 saturated heterocycles. The van der Waals surface area contributed by atoms with Crippen LogP contribution in [0.15, 0.2) is 42.9 Å². The predicted molar refractivity (Wildman–Crippen MR) is 98.0 cm³/mol. The zero-order chi connectivity index (χ0) is 17.5.